The molecule has 2 aromatic rings. The molecular formula is C16H22N2O2. The number of pyridine rings is 1. The van der Waals surface area contributed by atoms with Crippen LogP contribution in [0.5, 0.6) is 0 Å². The third-order valence-corrected chi connectivity index (χ3v) is 3.34. The van der Waals surface area contributed by atoms with Gasteiger partial charge in [-0.3, -0.25) is 4.98 Å². The molecule has 1 atom stereocenters. The Morgan fingerprint density at radius 1 is 1.10 bits per heavy atom. The van der Waals surface area contributed by atoms with Gasteiger partial charge in [-0.05, 0) is 18.7 Å². The maximum Gasteiger partial charge on any atom is 0.172 e. The first-order chi connectivity index (χ1) is 9.78. The highest BCUT2D eigenvalue weighted by atomic mass is 16.7. The van der Waals surface area contributed by atoms with Crippen LogP contribution in [-0.4, -0.2) is 38.1 Å². The summed E-state index contributed by atoms with van der Waals surface area (Å²) in [6, 6.07) is 12.4. The lowest BCUT2D eigenvalue weighted by molar-refractivity contribution is -0.122. The van der Waals surface area contributed by atoms with Crippen LogP contribution in [-0.2, 0) is 15.9 Å². The van der Waals surface area contributed by atoms with Crippen molar-refractivity contribution >= 4 is 10.9 Å². The number of hydrogen-bond acceptors (Lipinski definition) is 4. The van der Waals surface area contributed by atoms with E-state index in [9.17, 15) is 0 Å². The third kappa shape index (κ3) is 3.54. The Morgan fingerprint density at radius 3 is 2.55 bits per heavy atom. The average molecular weight is 274 g/mol. The second-order valence-electron chi connectivity index (χ2n) is 4.70. The number of fused-ring (bicyclic) bond motifs is 1. The lowest BCUT2D eigenvalue weighted by Crippen LogP contribution is -2.43. The molecule has 0 aliphatic heterocycles. The predicted molar refractivity (Wildman–Crippen MR) is 80.7 cm³/mol. The summed E-state index contributed by atoms with van der Waals surface area (Å²) in [5.41, 5.74) is 2.06. The zero-order chi connectivity index (χ0) is 14.4. The molecule has 0 aliphatic carbocycles. The molecule has 0 radical (unpaired) electrons. The molecule has 0 amide bonds. The molecular weight excluding hydrogens is 252 g/mol. The molecule has 20 heavy (non-hydrogen) atoms. The van der Waals surface area contributed by atoms with Crippen LogP contribution < -0.4 is 5.32 Å². The van der Waals surface area contributed by atoms with Crippen LogP contribution in [0.4, 0.5) is 0 Å². The van der Waals surface area contributed by atoms with Crippen LogP contribution in [0.1, 0.15) is 12.6 Å². The molecule has 1 aromatic carbocycles. The number of ether oxygens (including phenoxy) is 2. The lowest BCUT2D eigenvalue weighted by atomic mass is 10.1. The summed E-state index contributed by atoms with van der Waals surface area (Å²) in [4.78, 5) is 4.70. The van der Waals surface area contributed by atoms with E-state index in [1.54, 1.807) is 14.2 Å². The Kier molecular flexibility index (Phi) is 5.47. The molecule has 1 unspecified atom stereocenters. The van der Waals surface area contributed by atoms with Gasteiger partial charge in [-0.25, -0.2) is 0 Å². The van der Waals surface area contributed by atoms with E-state index in [1.165, 1.54) is 0 Å². The van der Waals surface area contributed by atoms with E-state index >= 15 is 0 Å². The van der Waals surface area contributed by atoms with Gasteiger partial charge >= 0.3 is 0 Å². The van der Waals surface area contributed by atoms with Crippen molar-refractivity contribution in [2.24, 2.45) is 0 Å². The maximum absolute atomic E-state index is 5.36. The molecule has 4 nitrogen and oxygen atoms in total. The molecule has 4 heteroatoms. The highest BCUT2D eigenvalue weighted by molar-refractivity contribution is 5.78. The van der Waals surface area contributed by atoms with E-state index in [-0.39, 0.29) is 12.3 Å². The van der Waals surface area contributed by atoms with Crippen molar-refractivity contribution in [1.82, 2.24) is 10.3 Å². The molecule has 0 aliphatic rings. The van der Waals surface area contributed by atoms with Crippen LogP contribution in [0.15, 0.2) is 36.4 Å². The topological polar surface area (TPSA) is 43.4 Å². The number of aromatic nitrogens is 1. The van der Waals surface area contributed by atoms with Crippen molar-refractivity contribution in [3.05, 3.63) is 42.1 Å². The summed E-state index contributed by atoms with van der Waals surface area (Å²) in [5, 5.41) is 4.55. The number of benzene rings is 1. The molecule has 1 aromatic heterocycles. The van der Waals surface area contributed by atoms with E-state index in [4.69, 9.17) is 14.5 Å². The monoisotopic (exact) mass is 274 g/mol. The van der Waals surface area contributed by atoms with Crippen LogP contribution in [0, 0.1) is 0 Å². The zero-order valence-electron chi connectivity index (χ0n) is 12.3. The van der Waals surface area contributed by atoms with Crippen molar-refractivity contribution in [2.45, 2.75) is 25.7 Å². The first-order valence-corrected chi connectivity index (χ1v) is 6.92. The minimum Gasteiger partial charge on any atom is -0.354 e. The molecule has 0 spiro atoms. The standard InChI is InChI=1S/C16H22N2O2/c1-4-17-15(16(19-2)20-3)11-13-10-9-12-7-5-6-8-14(12)18-13/h5-10,15-17H,4,11H2,1-3H3. The van der Waals surface area contributed by atoms with E-state index in [1.807, 2.05) is 18.2 Å². The number of methoxy groups -OCH3 is 2. The summed E-state index contributed by atoms with van der Waals surface area (Å²) in [5.74, 6) is 0. The summed E-state index contributed by atoms with van der Waals surface area (Å²) >= 11 is 0. The number of nitrogens with one attached hydrogen (secondary N) is 1. The van der Waals surface area contributed by atoms with Crippen molar-refractivity contribution in [1.29, 1.82) is 0 Å². The number of para-hydroxylation sites is 1. The van der Waals surface area contributed by atoms with Crippen molar-refractivity contribution in [2.75, 3.05) is 20.8 Å². The molecule has 0 fully saturated rings. The van der Waals surface area contributed by atoms with Gasteiger partial charge < -0.3 is 14.8 Å². The summed E-state index contributed by atoms with van der Waals surface area (Å²) in [7, 11) is 3.32. The molecule has 0 saturated carbocycles. The Morgan fingerprint density at radius 2 is 1.85 bits per heavy atom. The average Bonchev–Trinajstić information content (AvgIpc) is 2.48. The Bertz CT molecular complexity index is 541. The van der Waals surface area contributed by atoms with Gasteiger partial charge in [0.05, 0.1) is 11.6 Å². The first kappa shape index (κ1) is 14.9. The van der Waals surface area contributed by atoms with Gasteiger partial charge in [-0.1, -0.05) is 31.2 Å². The quantitative estimate of drug-likeness (QED) is 0.787. The minimum atomic E-state index is -0.275. The molecule has 0 bridgehead atoms. The normalized spacial score (nSPS) is 13.0. The minimum absolute atomic E-state index is 0.0867. The van der Waals surface area contributed by atoms with Gasteiger partial charge in [0.1, 0.15) is 0 Å². The molecule has 1 heterocycles. The summed E-state index contributed by atoms with van der Waals surface area (Å²) in [6.07, 6.45) is 0.494. The number of nitrogens with zero attached hydrogens (tertiary/aromatic N) is 1. The Labute approximate surface area is 120 Å². The van der Waals surface area contributed by atoms with Gasteiger partial charge in [0.25, 0.3) is 0 Å². The fourth-order valence-corrected chi connectivity index (χ4v) is 2.40. The fourth-order valence-electron chi connectivity index (χ4n) is 2.40. The van der Waals surface area contributed by atoms with E-state index in [0.29, 0.717) is 0 Å². The fraction of sp³-hybridized carbons (Fsp3) is 0.438. The third-order valence-electron chi connectivity index (χ3n) is 3.34. The summed E-state index contributed by atoms with van der Waals surface area (Å²) in [6.45, 7) is 2.94. The predicted octanol–water partition coefficient (Wildman–Crippen LogP) is 2.37. The van der Waals surface area contributed by atoms with Crippen LogP contribution in [0.2, 0.25) is 0 Å². The number of hydrogen-bond donors (Lipinski definition) is 1. The van der Waals surface area contributed by atoms with Gasteiger partial charge in [-0.15, -0.1) is 0 Å². The Balaban J connectivity index is 2.19. The van der Waals surface area contributed by atoms with Gasteiger partial charge in [-0.2, -0.15) is 0 Å². The SMILES string of the molecule is CCNC(Cc1ccc2ccccc2n1)C(OC)OC. The number of rotatable bonds is 7. The van der Waals surface area contributed by atoms with E-state index < -0.39 is 0 Å². The van der Waals surface area contributed by atoms with Crippen LogP contribution in [0.3, 0.4) is 0 Å². The van der Waals surface area contributed by atoms with Crippen molar-refractivity contribution < 1.29 is 9.47 Å². The number of likely N-dealkylation sites (N-methyl/N-ethyl adjacent to an activating group) is 1. The molecule has 0 saturated heterocycles. The van der Waals surface area contributed by atoms with Gasteiger partial charge in [0.2, 0.25) is 0 Å². The molecule has 2 rings (SSSR count). The zero-order valence-corrected chi connectivity index (χ0v) is 12.3. The first-order valence-electron chi connectivity index (χ1n) is 6.92. The van der Waals surface area contributed by atoms with Crippen molar-refractivity contribution in [3.8, 4) is 0 Å². The van der Waals surface area contributed by atoms with Crippen molar-refractivity contribution in [3.63, 3.8) is 0 Å². The van der Waals surface area contributed by atoms with Gasteiger partial charge in [0, 0.05) is 31.7 Å². The maximum atomic E-state index is 5.36. The molecule has 1 N–H and O–H groups in total. The second kappa shape index (κ2) is 7.33. The van der Waals surface area contributed by atoms with Crippen LogP contribution in [0.25, 0.3) is 10.9 Å². The lowest BCUT2D eigenvalue weighted by Gasteiger charge is -2.25. The van der Waals surface area contributed by atoms with Gasteiger partial charge in [0.15, 0.2) is 6.29 Å². The van der Waals surface area contributed by atoms with E-state index in [0.717, 1.165) is 29.6 Å². The second-order valence-corrected chi connectivity index (χ2v) is 4.70. The van der Waals surface area contributed by atoms with E-state index in [2.05, 4.69) is 30.4 Å². The smallest absolute Gasteiger partial charge is 0.172 e. The molecule has 108 valence electrons. The van der Waals surface area contributed by atoms with Crippen LogP contribution >= 0.6 is 0 Å². The highest BCUT2D eigenvalue weighted by Crippen LogP contribution is 2.14. The summed E-state index contributed by atoms with van der Waals surface area (Å²) < 4.78 is 10.7. The Hall–Kier alpha value is -1.49. The highest BCUT2D eigenvalue weighted by Gasteiger charge is 2.20. The largest absolute Gasteiger partial charge is 0.354 e.